The maximum atomic E-state index is 11.6. The SMILES string of the molecule is CC1=CC(=Cc2c(Cl)cccc2Cl)C=C(C)C1=O. The van der Waals surface area contributed by atoms with Gasteiger partial charge in [-0.05, 0) is 60.9 Å². The van der Waals surface area contributed by atoms with Gasteiger partial charge in [-0.25, -0.2) is 0 Å². The monoisotopic (exact) mass is 278 g/mol. The Morgan fingerprint density at radius 1 is 1.00 bits per heavy atom. The van der Waals surface area contributed by atoms with Crippen LogP contribution in [0.1, 0.15) is 19.4 Å². The van der Waals surface area contributed by atoms with Gasteiger partial charge in [0.05, 0.1) is 0 Å². The first-order chi connectivity index (χ1) is 8.49. The fourth-order valence-electron chi connectivity index (χ4n) is 1.88. The Kier molecular flexibility index (Phi) is 3.74. The Morgan fingerprint density at radius 3 is 2.00 bits per heavy atom. The van der Waals surface area contributed by atoms with Gasteiger partial charge in [0.15, 0.2) is 5.78 Å². The van der Waals surface area contributed by atoms with E-state index in [9.17, 15) is 4.79 Å². The van der Waals surface area contributed by atoms with Crippen molar-refractivity contribution in [2.45, 2.75) is 13.8 Å². The molecule has 0 saturated heterocycles. The molecular formula is C15H12Cl2O. The molecule has 0 fully saturated rings. The average Bonchev–Trinajstić information content (AvgIpc) is 2.31. The lowest BCUT2D eigenvalue weighted by molar-refractivity contribution is -0.112. The Labute approximate surface area is 116 Å². The molecule has 0 spiro atoms. The van der Waals surface area contributed by atoms with E-state index in [1.54, 1.807) is 32.0 Å². The number of benzene rings is 1. The minimum absolute atomic E-state index is 0.0809. The summed E-state index contributed by atoms with van der Waals surface area (Å²) in [5.74, 6) is 0.0809. The predicted octanol–water partition coefficient (Wildman–Crippen LogP) is 4.85. The maximum Gasteiger partial charge on any atom is 0.184 e. The van der Waals surface area contributed by atoms with Crippen LogP contribution in [0.25, 0.3) is 6.08 Å². The molecule has 0 unspecified atom stereocenters. The number of carbonyl (C=O) groups is 1. The summed E-state index contributed by atoms with van der Waals surface area (Å²) in [6.07, 6.45) is 5.58. The van der Waals surface area contributed by atoms with E-state index < -0.39 is 0 Å². The summed E-state index contributed by atoms with van der Waals surface area (Å²) in [5, 5.41) is 1.20. The first-order valence-corrected chi connectivity index (χ1v) is 6.31. The predicted molar refractivity (Wildman–Crippen MR) is 77.0 cm³/mol. The third kappa shape index (κ3) is 2.58. The van der Waals surface area contributed by atoms with Crippen molar-refractivity contribution in [3.05, 3.63) is 62.7 Å². The zero-order valence-electron chi connectivity index (χ0n) is 10.1. The van der Waals surface area contributed by atoms with E-state index in [0.717, 1.165) is 22.3 Å². The lowest BCUT2D eigenvalue weighted by Gasteiger charge is -2.10. The summed E-state index contributed by atoms with van der Waals surface area (Å²) in [4.78, 5) is 11.6. The van der Waals surface area contributed by atoms with Gasteiger partial charge in [-0.2, -0.15) is 0 Å². The summed E-state index contributed by atoms with van der Waals surface area (Å²) in [7, 11) is 0. The van der Waals surface area contributed by atoms with Gasteiger partial charge in [0, 0.05) is 15.6 Å². The third-order valence-corrected chi connectivity index (χ3v) is 3.45. The van der Waals surface area contributed by atoms with Gasteiger partial charge in [-0.3, -0.25) is 4.79 Å². The molecule has 0 amide bonds. The fourth-order valence-corrected chi connectivity index (χ4v) is 2.39. The molecule has 1 nitrogen and oxygen atoms in total. The van der Waals surface area contributed by atoms with Crippen LogP contribution in [0.4, 0.5) is 0 Å². The van der Waals surface area contributed by atoms with Crippen molar-refractivity contribution < 1.29 is 4.79 Å². The van der Waals surface area contributed by atoms with Crippen LogP contribution in [0.3, 0.4) is 0 Å². The van der Waals surface area contributed by atoms with Crippen LogP contribution >= 0.6 is 23.2 Å². The van der Waals surface area contributed by atoms with Crippen molar-refractivity contribution in [3.63, 3.8) is 0 Å². The molecule has 0 bridgehead atoms. The second kappa shape index (κ2) is 5.13. The molecular weight excluding hydrogens is 267 g/mol. The number of carbonyl (C=O) groups excluding carboxylic acids is 1. The van der Waals surface area contributed by atoms with Crippen LogP contribution in [0, 0.1) is 0 Å². The quantitative estimate of drug-likeness (QED) is 0.718. The van der Waals surface area contributed by atoms with Crippen molar-refractivity contribution in [1.82, 2.24) is 0 Å². The van der Waals surface area contributed by atoms with Gasteiger partial charge in [0.2, 0.25) is 0 Å². The summed E-state index contributed by atoms with van der Waals surface area (Å²) < 4.78 is 0. The Morgan fingerprint density at radius 2 is 1.50 bits per heavy atom. The average molecular weight is 279 g/mol. The molecule has 1 aliphatic carbocycles. The lowest BCUT2D eigenvalue weighted by Crippen LogP contribution is -2.05. The number of Topliss-reactive ketones (excluding diaryl/α,β-unsaturated/α-hetero) is 1. The molecule has 1 aromatic rings. The molecule has 92 valence electrons. The van der Waals surface area contributed by atoms with Gasteiger partial charge >= 0.3 is 0 Å². The van der Waals surface area contributed by atoms with Crippen LogP contribution in [0.2, 0.25) is 10.0 Å². The molecule has 2 rings (SSSR count). The van der Waals surface area contributed by atoms with Crippen LogP contribution in [-0.2, 0) is 4.79 Å². The molecule has 0 N–H and O–H groups in total. The molecule has 0 radical (unpaired) electrons. The van der Waals surface area contributed by atoms with E-state index in [-0.39, 0.29) is 5.78 Å². The number of rotatable bonds is 1. The van der Waals surface area contributed by atoms with E-state index in [2.05, 4.69) is 0 Å². The summed E-state index contributed by atoms with van der Waals surface area (Å²) in [6.45, 7) is 3.61. The fraction of sp³-hybridized carbons (Fsp3) is 0.133. The Balaban J connectivity index is 2.50. The smallest absolute Gasteiger partial charge is 0.184 e. The van der Waals surface area contributed by atoms with Crippen LogP contribution in [0.5, 0.6) is 0 Å². The van der Waals surface area contributed by atoms with Gasteiger partial charge in [0.25, 0.3) is 0 Å². The van der Waals surface area contributed by atoms with Crippen molar-refractivity contribution in [2.24, 2.45) is 0 Å². The highest BCUT2D eigenvalue weighted by Gasteiger charge is 2.13. The largest absolute Gasteiger partial charge is 0.289 e. The standard InChI is InChI=1S/C15H12Cl2O/c1-9-6-11(7-10(2)15(9)18)8-12-13(16)4-3-5-14(12)17/h3-8H,1-2H3. The second-order valence-corrected chi connectivity index (χ2v) is 5.08. The van der Waals surface area contributed by atoms with Crippen molar-refractivity contribution in [3.8, 4) is 0 Å². The minimum Gasteiger partial charge on any atom is -0.289 e. The molecule has 0 aliphatic heterocycles. The van der Waals surface area contributed by atoms with Crippen LogP contribution < -0.4 is 0 Å². The summed E-state index contributed by atoms with van der Waals surface area (Å²) in [6, 6.07) is 5.39. The summed E-state index contributed by atoms with van der Waals surface area (Å²) in [5.41, 5.74) is 3.16. The zero-order valence-corrected chi connectivity index (χ0v) is 11.6. The van der Waals surface area contributed by atoms with Crippen molar-refractivity contribution in [1.29, 1.82) is 0 Å². The second-order valence-electron chi connectivity index (χ2n) is 4.26. The molecule has 1 aromatic carbocycles. The first kappa shape index (κ1) is 13.1. The number of halogens is 2. The van der Waals surface area contributed by atoms with E-state index in [1.807, 2.05) is 18.2 Å². The van der Waals surface area contributed by atoms with E-state index in [0.29, 0.717) is 10.0 Å². The number of hydrogen-bond donors (Lipinski definition) is 0. The zero-order chi connectivity index (χ0) is 13.3. The van der Waals surface area contributed by atoms with E-state index in [1.165, 1.54) is 0 Å². The van der Waals surface area contributed by atoms with Crippen LogP contribution in [0.15, 0.2) is 47.1 Å². The number of allylic oxidation sites excluding steroid dienone is 5. The molecule has 18 heavy (non-hydrogen) atoms. The molecule has 0 atom stereocenters. The van der Waals surface area contributed by atoms with Gasteiger partial charge < -0.3 is 0 Å². The minimum atomic E-state index is 0.0809. The maximum absolute atomic E-state index is 11.6. The van der Waals surface area contributed by atoms with Gasteiger partial charge in [0.1, 0.15) is 0 Å². The Hall–Kier alpha value is -1.31. The molecule has 3 heteroatoms. The number of hydrogen-bond acceptors (Lipinski definition) is 1. The van der Waals surface area contributed by atoms with Crippen molar-refractivity contribution in [2.75, 3.05) is 0 Å². The van der Waals surface area contributed by atoms with E-state index in [4.69, 9.17) is 23.2 Å². The highest BCUT2D eigenvalue weighted by Crippen LogP contribution is 2.29. The molecule has 0 saturated carbocycles. The number of ketones is 1. The van der Waals surface area contributed by atoms with Crippen molar-refractivity contribution >= 4 is 35.1 Å². The normalized spacial score (nSPS) is 15.3. The summed E-state index contributed by atoms with van der Waals surface area (Å²) >= 11 is 12.2. The first-order valence-electron chi connectivity index (χ1n) is 5.56. The topological polar surface area (TPSA) is 17.1 Å². The lowest BCUT2D eigenvalue weighted by atomic mass is 9.94. The highest BCUT2D eigenvalue weighted by atomic mass is 35.5. The Bertz CT molecular complexity index is 563. The molecule has 0 heterocycles. The third-order valence-electron chi connectivity index (χ3n) is 2.79. The van der Waals surface area contributed by atoms with Gasteiger partial charge in [-0.1, -0.05) is 29.3 Å². The highest BCUT2D eigenvalue weighted by molar-refractivity contribution is 6.37. The van der Waals surface area contributed by atoms with Gasteiger partial charge in [-0.15, -0.1) is 0 Å². The van der Waals surface area contributed by atoms with E-state index >= 15 is 0 Å². The molecule has 1 aliphatic rings. The molecule has 0 aromatic heterocycles. The van der Waals surface area contributed by atoms with Crippen LogP contribution in [-0.4, -0.2) is 5.78 Å².